The van der Waals surface area contributed by atoms with Gasteiger partial charge in [-0.2, -0.15) is 0 Å². The molecule has 0 atom stereocenters. The van der Waals surface area contributed by atoms with Gasteiger partial charge in [0.25, 0.3) is 11.8 Å². The summed E-state index contributed by atoms with van der Waals surface area (Å²) < 4.78 is 5.44. The van der Waals surface area contributed by atoms with Crippen molar-refractivity contribution in [3.8, 4) is 0 Å². The van der Waals surface area contributed by atoms with E-state index in [0.717, 1.165) is 45.9 Å². The van der Waals surface area contributed by atoms with E-state index in [9.17, 15) is 9.59 Å². The fourth-order valence-corrected chi connectivity index (χ4v) is 5.07. The molecule has 2 amide bonds. The summed E-state index contributed by atoms with van der Waals surface area (Å²) in [7, 11) is 0. The van der Waals surface area contributed by atoms with E-state index < -0.39 is 0 Å². The Morgan fingerprint density at radius 1 is 0.735 bits per heavy atom. The Balaban J connectivity index is 1.49. The highest BCUT2D eigenvalue weighted by Gasteiger charge is 2.40. The summed E-state index contributed by atoms with van der Waals surface area (Å²) in [4.78, 5) is 34.6. The van der Waals surface area contributed by atoms with Gasteiger partial charge in [-0.1, -0.05) is 60.7 Å². The zero-order valence-corrected chi connectivity index (χ0v) is 18.8. The molecule has 170 valence electrons. The summed E-state index contributed by atoms with van der Waals surface area (Å²) >= 11 is 0. The monoisotopic (exact) mass is 451 g/mol. The van der Waals surface area contributed by atoms with Gasteiger partial charge in [-0.05, 0) is 22.4 Å². The minimum Gasteiger partial charge on any atom is -0.379 e. The Hall–Kier alpha value is -3.74. The van der Waals surface area contributed by atoms with E-state index >= 15 is 0 Å². The first-order valence-corrected chi connectivity index (χ1v) is 11.7. The summed E-state index contributed by atoms with van der Waals surface area (Å²) in [5, 5.41) is 2.94. The maximum Gasteiger partial charge on any atom is 0.262 e. The number of hydrogen-bond acceptors (Lipinski definition) is 4. The van der Waals surface area contributed by atoms with Gasteiger partial charge < -0.3 is 9.72 Å². The fourth-order valence-electron chi connectivity index (χ4n) is 5.07. The molecule has 0 unspecified atom stereocenters. The van der Waals surface area contributed by atoms with Gasteiger partial charge in [0.2, 0.25) is 0 Å². The Morgan fingerprint density at radius 2 is 1.41 bits per heavy atom. The molecule has 1 aromatic heterocycles. The number of carbonyl (C=O) groups excluding carboxylic acids is 2. The number of imide groups is 1. The number of nitrogens with one attached hydrogen (secondary N) is 1. The molecule has 0 saturated carbocycles. The molecule has 0 bridgehead atoms. The van der Waals surface area contributed by atoms with Crippen molar-refractivity contribution < 1.29 is 14.3 Å². The maximum atomic E-state index is 13.9. The largest absolute Gasteiger partial charge is 0.379 e. The number of aromatic amines is 1. The van der Waals surface area contributed by atoms with Gasteiger partial charge in [0.05, 0.1) is 24.4 Å². The van der Waals surface area contributed by atoms with Crippen molar-refractivity contribution in [2.75, 3.05) is 39.4 Å². The first kappa shape index (κ1) is 20.8. The first-order chi connectivity index (χ1) is 16.7. The van der Waals surface area contributed by atoms with Crippen LogP contribution in [0, 0.1) is 0 Å². The summed E-state index contributed by atoms with van der Waals surface area (Å²) in [6, 6.07) is 21.8. The second-order valence-electron chi connectivity index (χ2n) is 8.74. The van der Waals surface area contributed by atoms with Gasteiger partial charge >= 0.3 is 0 Å². The number of para-hydroxylation sites is 1. The predicted octanol–water partition coefficient (Wildman–Crippen LogP) is 3.93. The molecular formula is C28H25N3O3. The third-order valence-corrected chi connectivity index (χ3v) is 6.83. The van der Waals surface area contributed by atoms with Crippen molar-refractivity contribution >= 4 is 44.6 Å². The highest BCUT2D eigenvalue weighted by Crippen LogP contribution is 2.40. The maximum absolute atomic E-state index is 13.9. The summed E-state index contributed by atoms with van der Waals surface area (Å²) in [5.74, 6) is -0.458. The Labute approximate surface area is 197 Å². The van der Waals surface area contributed by atoms with Crippen LogP contribution < -0.4 is 0 Å². The average molecular weight is 452 g/mol. The molecule has 0 aliphatic carbocycles. The third-order valence-electron chi connectivity index (χ3n) is 6.83. The van der Waals surface area contributed by atoms with Gasteiger partial charge in [0.1, 0.15) is 0 Å². The lowest BCUT2D eigenvalue weighted by Gasteiger charge is -2.28. The molecule has 3 aromatic carbocycles. The van der Waals surface area contributed by atoms with Crippen LogP contribution in [0.15, 0.2) is 72.9 Å². The molecule has 34 heavy (non-hydrogen) atoms. The molecule has 1 N–H and O–H groups in total. The van der Waals surface area contributed by atoms with Crippen molar-refractivity contribution in [3.63, 3.8) is 0 Å². The lowest BCUT2D eigenvalue weighted by atomic mass is 9.92. The van der Waals surface area contributed by atoms with Gasteiger partial charge in [0, 0.05) is 48.8 Å². The number of fused-ring (bicyclic) bond motifs is 2. The van der Waals surface area contributed by atoms with E-state index in [2.05, 4.69) is 9.88 Å². The highest BCUT2D eigenvalue weighted by atomic mass is 16.5. The lowest BCUT2D eigenvalue weighted by molar-refractivity contribution is -0.136. The van der Waals surface area contributed by atoms with Crippen LogP contribution in [0.25, 0.3) is 32.8 Å². The van der Waals surface area contributed by atoms with E-state index in [1.807, 2.05) is 72.9 Å². The van der Waals surface area contributed by atoms with Gasteiger partial charge in [0.15, 0.2) is 0 Å². The van der Waals surface area contributed by atoms with E-state index in [0.29, 0.717) is 37.4 Å². The molecular weight excluding hydrogens is 426 g/mol. The molecule has 2 aliphatic rings. The van der Waals surface area contributed by atoms with Crippen LogP contribution in [0.5, 0.6) is 0 Å². The number of carbonyl (C=O) groups is 2. The van der Waals surface area contributed by atoms with Crippen LogP contribution in [0.3, 0.4) is 0 Å². The van der Waals surface area contributed by atoms with Crippen LogP contribution in [0.4, 0.5) is 0 Å². The van der Waals surface area contributed by atoms with Crippen LogP contribution >= 0.6 is 0 Å². The smallest absolute Gasteiger partial charge is 0.262 e. The van der Waals surface area contributed by atoms with E-state index in [-0.39, 0.29) is 11.8 Å². The van der Waals surface area contributed by atoms with Crippen molar-refractivity contribution in [2.24, 2.45) is 0 Å². The third kappa shape index (κ3) is 3.43. The minimum atomic E-state index is -0.231. The van der Waals surface area contributed by atoms with E-state index in [1.165, 1.54) is 4.90 Å². The van der Waals surface area contributed by atoms with Crippen LogP contribution in [-0.2, 0) is 14.3 Å². The number of H-pyrrole nitrogens is 1. The fraction of sp³-hybridized carbons (Fsp3) is 0.214. The zero-order valence-electron chi connectivity index (χ0n) is 18.8. The van der Waals surface area contributed by atoms with Crippen LogP contribution in [0.2, 0.25) is 0 Å². The Bertz CT molecular complexity index is 1440. The molecule has 6 rings (SSSR count). The quantitative estimate of drug-likeness (QED) is 0.467. The predicted molar refractivity (Wildman–Crippen MR) is 133 cm³/mol. The topological polar surface area (TPSA) is 65.6 Å². The average Bonchev–Trinajstić information content (AvgIpc) is 3.41. The Kier molecular flexibility index (Phi) is 5.24. The van der Waals surface area contributed by atoms with Crippen LogP contribution in [0.1, 0.15) is 11.1 Å². The second kappa shape index (κ2) is 8.56. The molecule has 2 aliphatic heterocycles. The van der Waals surface area contributed by atoms with E-state index in [1.54, 1.807) is 0 Å². The van der Waals surface area contributed by atoms with Crippen molar-refractivity contribution in [1.29, 1.82) is 0 Å². The van der Waals surface area contributed by atoms with Crippen molar-refractivity contribution in [1.82, 2.24) is 14.8 Å². The van der Waals surface area contributed by atoms with Crippen molar-refractivity contribution in [2.45, 2.75) is 0 Å². The molecule has 6 nitrogen and oxygen atoms in total. The number of nitrogens with zero attached hydrogens (tertiary/aromatic N) is 2. The van der Waals surface area contributed by atoms with Crippen LogP contribution in [-0.4, -0.2) is 66.0 Å². The standard InChI is InChI=1S/C28H25N3O3/c32-27-25(22-10-5-7-19-6-1-2-8-20(19)22)26(23-18-29-24-11-4-3-9-21(23)24)28(33)31(27)13-12-30-14-16-34-17-15-30/h1-11,18,29H,12-17H2. The normalized spacial score (nSPS) is 17.5. The number of benzene rings is 3. The summed E-state index contributed by atoms with van der Waals surface area (Å²) in [6.07, 6.45) is 1.85. The van der Waals surface area contributed by atoms with Gasteiger partial charge in [-0.25, -0.2) is 0 Å². The summed E-state index contributed by atoms with van der Waals surface area (Å²) in [6.45, 7) is 4.00. The molecule has 0 radical (unpaired) electrons. The number of ether oxygens (including phenoxy) is 1. The second-order valence-corrected chi connectivity index (χ2v) is 8.74. The highest BCUT2D eigenvalue weighted by molar-refractivity contribution is 6.50. The van der Waals surface area contributed by atoms with Gasteiger partial charge in [-0.15, -0.1) is 0 Å². The minimum absolute atomic E-state index is 0.227. The number of morpholine rings is 1. The van der Waals surface area contributed by atoms with E-state index in [4.69, 9.17) is 4.74 Å². The van der Waals surface area contributed by atoms with Crippen molar-refractivity contribution in [3.05, 3.63) is 84.1 Å². The zero-order chi connectivity index (χ0) is 23.1. The SMILES string of the molecule is O=C1C(c2cccc3ccccc23)=C(c2c[nH]c3ccccc23)C(=O)N1CCN1CCOCC1. The molecule has 1 saturated heterocycles. The Morgan fingerprint density at radius 3 is 2.24 bits per heavy atom. The molecule has 3 heterocycles. The number of aromatic nitrogens is 1. The number of rotatable bonds is 5. The molecule has 4 aromatic rings. The number of hydrogen-bond donors (Lipinski definition) is 1. The first-order valence-electron chi connectivity index (χ1n) is 11.7. The molecule has 1 fully saturated rings. The molecule has 6 heteroatoms. The summed E-state index contributed by atoms with van der Waals surface area (Å²) in [5.41, 5.74) is 3.46. The lowest BCUT2D eigenvalue weighted by Crippen LogP contribution is -2.43. The van der Waals surface area contributed by atoms with Gasteiger partial charge in [-0.3, -0.25) is 19.4 Å². The molecule has 0 spiro atoms. The number of amides is 2.